The van der Waals surface area contributed by atoms with Crippen LogP contribution in [0.2, 0.25) is 0 Å². The Bertz CT molecular complexity index is 878. The highest BCUT2D eigenvalue weighted by atomic mass is 79.9. The van der Waals surface area contributed by atoms with Gasteiger partial charge in [-0.2, -0.15) is 10.5 Å². The molecule has 5 aliphatic rings. The Morgan fingerprint density at radius 2 is 1.63 bits per heavy atom. The van der Waals surface area contributed by atoms with Gasteiger partial charge >= 0.3 is 0 Å². The van der Waals surface area contributed by atoms with E-state index in [1.54, 1.807) is 12.1 Å². The second kappa shape index (κ2) is 5.65. The molecule has 3 nitrogen and oxygen atoms in total. The molecule has 1 unspecified atom stereocenters. The number of nitriles is 2. The minimum atomic E-state index is -1.42. The van der Waals surface area contributed by atoms with Crippen LogP contribution in [-0.2, 0) is 4.79 Å². The van der Waals surface area contributed by atoms with Gasteiger partial charge in [-0.05, 0) is 74.0 Å². The summed E-state index contributed by atoms with van der Waals surface area (Å²) in [6.45, 7) is 0. The predicted molar refractivity (Wildman–Crippen MR) is 99.6 cm³/mol. The number of carbonyl (C=O) groups excluding carboxylic acids is 1. The highest BCUT2D eigenvalue weighted by Crippen LogP contribution is 2.70. The Hall–Kier alpha value is -1.72. The van der Waals surface area contributed by atoms with Crippen molar-refractivity contribution in [3.05, 3.63) is 34.1 Å². The number of hydrogen-bond acceptors (Lipinski definition) is 3. The zero-order valence-electron chi connectivity index (χ0n) is 14.9. The maximum Gasteiger partial charge on any atom is 0.161 e. The lowest BCUT2D eigenvalue weighted by Crippen LogP contribution is -2.50. The minimum Gasteiger partial charge on any atom is -0.299 e. The summed E-state index contributed by atoms with van der Waals surface area (Å²) in [5.41, 5.74) is -1.47. The molecule has 138 valence electrons. The Morgan fingerprint density at radius 3 is 2.11 bits per heavy atom. The topological polar surface area (TPSA) is 64.7 Å². The summed E-state index contributed by atoms with van der Waals surface area (Å²) in [5.74, 6) is 0.101. The maximum absolute atomic E-state index is 14.6. The van der Waals surface area contributed by atoms with Gasteiger partial charge in [0, 0.05) is 15.8 Å². The first-order valence-electron chi connectivity index (χ1n) is 9.74. The van der Waals surface area contributed by atoms with E-state index in [1.165, 1.54) is 25.3 Å². The van der Waals surface area contributed by atoms with Crippen LogP contribution in [0.15, 0.2) is 22.7 Å². The third kappa shape index (κ3) is 2.31. The summed E-state index contributed by atoms with van der Waals surface area (Å²) < 4.78 is 15.2. The summed E-state index contributed by atoms with van der Waals surface area (Å²) in [5, 5.41) is 19.6. The monoisotopic (exact) mass is 426 g/mol. The molecule has 6 rings (SSSR count). The predicted octanol–water partition coefficient (Wildman–Crippen LogP) is 5.12. The van der Waals surface area contributed by atoms with Crippen LogP contribution in [0, 0.1) is 63.0 Å². The first-order chi connectivity index (χ1) is 12.9. The molecule has 0 saturated heterocycles. The summed E-state index contributed by atoms with van der Waals surface area (Å²) in [6.07, 6.45) is 6.38. The molecule has 5 fully saturated rings. The van der Waals surface area contributed by atoms with Crippen molar-refractivity contribution in [1.82, 2.24) is 0 Å². The Labute approximate surface area is 166 Å². The van der Waals surface area contributed by atoms with Gasteiger partial charge in [0.1, 0.15) is 11.6 Å². The Balaban J connectivity index is 1.53. The molecule has 0 spiro atoms. The van der Waals surface area contributed by atoms with Crippen LogP contribution in [0.5, 0.6) is 0 Å². The molecule has 0 N–H and O–H groups in total. The maximum atomic E-state index is 14.6. The fourth-order valence-electron chi connectivity index (χ4n) is 6.97. The van der Waals surface area contributed by atoms with Gasteiger partial charge in [0.15, 0.2) is 5.41 Å². The van der Waals surface area contributed by atoms with Crippen LogP contribution in [0.3, 0.4) is 0 Å². The van der Waals surface area contributed by atoms with Gasteiger partial charge in [-0.3, -0.25) is 4.79 Å². The van der Waals surface area contributed by atoms with Crippen molar-refractivity contribution >= 4 is 21.7 Å². The second-order valence-corrected chi connectivity index (χ2v) is 10.2. The molecule has 0 aromatic heterocycles. The van der Waals surface area contributed by atoms with E-state index in [0.717, 1.165) is 19.3 Å². The quantitative estimate of drug-likeness (QED) is 0.673. The van der Waals surface area contributed by atoms with Crippen molar-refractivity contribution in [3.8, 4) is 12.1 Å². The Kier molecular flexibility index (Phi) is 3.63. The van der Waals surface area contributed by atoms with Crippen LogP contribution < -0.4 is 0 Å². The van der Waals surface area contributed by atoms with E-state index in [2.05, 4.69) is 28.1 Å². The molecule has 5 saturated carbocycles. The van der Waals surface area contributed by atoms with E-state index >= 15 is 0 Å². The van der Waals surface area contributed by atoms with E-state index in [1.807, 2.05) is 0 Å². The molecule has 27 heavy (non-hydrogen) atoms. The van der Waals surface area contributed by atoms with E-state index in [0.29, 0.717) is 27.8 Å². The lowest BCUT2D eigenvalue weighted by Gasteiger charge is -2.56. The van der Waals surface area contributed by atoms with Crippen LogP contribution in [0.1, 0.15) is 50.0 Å². The lowest BCUT2D eigenvalue weighted by atomic mass is 9.48. The van der Waals surface area contributed by atoms with Crippen molar-refractivity contribution in [2.75, 3.05) is 0 Å². The van der Waals surface area contributed by atoms with Gasteiger partial charge < -0.3 is 0 Å². The smallest absolute Gasteiger partial charge is 0.161 e. The molecule has 1 aromatic rings. The SMILES string of the molecule is N#CC1(C#N)C(c2ccc(Br)cc2F)[C@@H]1C(=O)C12CC3CC(CC(C3)C1)C2. The number of benzene rings is 1. The summed E-state index contributed by atoms with van der Waals surface area (Å²) in [4.78, 5) is 13.7. The zero-order chi connectivity index (χ0) is 19.0. The van der Waals surface area contributed by atoms with Gasteiger partial charge in [-0.25, -0.2) is 4.39 Å². The number of halogens is 2. The molecule has 5 aliphatic carbocycles. The molecule has 0 radical (unpaired) electrons. The zero-order valence-corrected chi connectivity index (χ0v) is 16.5. The molecule has 0 aliphatic heterocycles. The van der Waals surface area contributed by atoms with Crippen molar-refractivity contribution in [2.45, 2.75) is 44.4 Å². The van der Waals surface area contributed by atoms with Gasteiger partial charge in [0.2, 0.25) is 0 Å². The number of carbonyl (C=O) groups is 1. The normalized spacial score (nSPS) is 40.2. The third-order valence-electron chi connectivity index (χ3n) is 7.72. The Morgan fingerprint density at radius 1 is 1.07 bits per heavy atom. The second-order valence-electron chi connectivity index (χ2n) is 9.28. The van der Waals surface area contributed by atoms with Crippen LogP contribution in [-0.4, -0.2) is 5.78 Å². The highest BCUT2D eigenvalue weighted by molar-refractivity contribution is 9.10. The number of hydrogen-bond donors (Lipinski definition) is 0. The first kappa shape index (κ1) is 17.4. The van der Waals surface area contributed by atoms with Gasteiger partial charge in [0.25, 0.3) is 0 Å². The molecule has 5 heteroatoms. The molecule has 1 aromatic carbocycles. The van der Waals surface area contributed by atoms with Crippen molar-refractivity contribution in [2.24, 2.45) is 34.5 Å². The van der Waals surface area contributed by atoms with E-state index in [9.17, 15) is 19.7 Å². The standard InChI is InChI=1S/C22H20BrFN2O/c23-15-1-2-16(17(24)6-15)18-19(22(18,10-25)11-26)20(27)21-7-12-3-13(8-21)5-14(4-12)9-21/h1-2,6,12-14,18-19H,3-5,7-9H2/t12?,13?,14?,18?,19-,21?/m1/s1. The average molecular weight is 427 g/mol. The summed E-state index contributed by atoms with van der Waals surface area (Å²) >= 11 is 3.24. The first-order valence-corrected chi connectivity index (χ1v) is 10.5. The number of Topliss-reactive ketones (excluding diaryl/α,β-unsaturated/α-hetero) is 1. The number of nitrogens with zero attached hydrogens (tertiary/aromatic N) is 2. The highest BCUT2D eigenvalue weighted by Gasteiger charge is 2.74. The van der Waals surface area contributed by atoms with Crippen LogP contribution >= 0.6 is 15.9 Å². The average Bonchev–Trinajstić information content (AvgIpc) is 3.28. The molecule has 4 bridgehead atoms. The molecule has 0 amide bonds. The van der Waals surface area contributed by atoms with Crippen molar-refractivity contribution < 1.29 is 9.18 Å². The fourth-order valence-corrected chi connectivity index (χ4v) is 7.30. The van der Waals surface area contributed by atoms with E-state index in [-0.39, 0.29) is 11.2 Å². The fraction of sp³-hybridized carbons (Fsp3) is 0.591. The number of rotatable bonds is 3. The lowest BCUT2D eigenvalue weighted by molar-refractivity contribution is -0.145. The van der Waals surface area contributed by atoms with Crippen molar-refractivity contribution in [1.29, 1.82) is 10.5 Å². The van der Waals surface area contributed by atoms with Gasteiger partial charge in [-0.1, -0.05) is 22.0 Å². The van der Waals surface area contributed by atoms with E-state index < -0.39 is 23.1 Å². The van der Waals surface area contributed by atoms with Crippen LogP contribution in [0.4, 0.5) is 4.39 Å². The molecule has 0 heterocycles. The third-order valence-corrected chi connectivity index (χ3v) is 8.21. The summed E-state index contributed by atoms with van der Waals surface area (Å²) in [7, 11) is 0. The van der Waals surface area contributed by atoms with Crippen LogP contribution in [0.25, 0.3) is 0 Å². The van der Waals surface area contributed by atoms with E-state index in [4.69, 9.17) is 0 Å². The molecular formula is C22H20BrFN2O. The summed E-state index contributed by atoms with van der Waals surface area (Å²) in [6, 6.07) is 8.86. The van der Waals surface area contributed by atoms with Gasteiger partial charge in [-0.15, -0.1) is 0 Å². The minimum absolute atomic E-state index is 0.0667. The molecule has 2 atom stereocenters. The largest absolute Gasteiger partial charge is 0.299 e. The molecular weight excluding hydrogens is 407 g/mol. The number of ketones is 1. The van der Waals surface area contributed by atoms with Gasteiger partial charge in [0.05, 0.1) is 18.1 Å². The van der Waals surface area contributed by atoms with Crippen molar-refractivity contribution in [3.63, 3.8) is 0 Å².